The van der Waals surface area contributed by atoms with Gasteiger partial charge in [0, 0.05) is 37.8 Å². The van der Waals surface area contributed by atoms with Crippen LogP contribution in [0, 0.1) is 0 Å². The Bertz CT molecular complexity index is 605. The number of ether oxygens (including phenoxy) is 2. The molecule has 0 N–H and O–H groups in total. The molecule has 0 saturated carbocycles. The third-order valence-electron chi connectivity index (χ3n) is 4.28. The van der Waals surface area contributed by atoms with Crippen LogP contribution in [0.15, 0.2) is 22.1 Å². The van der Waals surface area contributed by atoms with Gasteiger partial charge in [0.05, 0.1) is 26.6 Å². The Labute approximate surface area is 137 Å². The number of hydrogen-bond acceptors (Lipinski definition) is 5. The average molecular weight is 316 g/mol. The van der Waals surface area contributed by atoms with Crippen molar-refractivity contribution in [2.24, 2.45) is 9.98 Å². The standard InChI is InChI=1S/C17H24N4O2/c1-18-14-11-16(23-3)15(22-2)10-13(14)17(19-12-20-8-9-20)21-6-4-5-7-21/h10-11H,1,4-9,12H2,2-3H3/b19-17+. The zero-order valence-electron chi connectivity index (χ0n) is 13.9. The van der Waals surface area contributed by atoms with E-state index in [9.17, 15) is 0 Å². The van der Waals surface area contributed by atoms with Crippen LogP contribution in [0.5, 0.6) is 11.5 Å². The highest BCUT2D eigenvalue weighted by atomic mass is 16.5. The van der Waals surface area contributed by atoms with Crippen molar-refractivity contribution in [1.29, 1.82) is 0 Å². The van der Waals surface area contributed by atoms with Crippen LogP contribution >= 0.6 is 0 Å². The second-order valence-electron chi connectivity index (χ2n) is 5.82. The zero-order valence-corrected chi connectivity index (χ0v) is 13.9. The molecular weight excluding hydrogens is 292 g/mol. The summed E-state index contributed by atoms with van der Waals surface area (Å²) in [5.74, 6) is 2.33. The van der Waals surface area contributed by atoms with Crippen molar-refractivity contribution in [3.63, 3.8) is 0 Å². The van der Waals surface area contributed by atoms with E-state index < -0.39 is 0 Å². The van der Waals surface area contributed by atoms with E-state index in [1.165, 1.54) is 12.8 Å². The Morgan fingerprint density at radius 2 is 1.74 bits per heavy atom. The summed E-state index contributed by atoms with van der Waals surface area (Å²) in [6.07, 6.45) is 2.40. The van der Waals surface area contributed by atoms with Crippen LogP contribution in [0.1, 0.15) is 18.4 Å². The quantitative estimate of drug-likeness (QED) is 0.458. The topological polar surface area (TPSA) is 49.4 Å². The first kappa shape index (κ1) is 15.8. The highest BCUT2D eigenvalue weighted by Gasteiger charge is 2.24. The summed E-state index contributed by atoms with van der Waals surface area (Å²) in [6.45, 7) is 8.77. The van der Waals surface area contributed by atoms with E-state index in [0.29, 0.717) is 11.5 Å². The first-order valence-corrected chi connectivity index (χ1v) is 8.01. The number of aliphatic imine (C=N–C) groups is 2. The molecule has 2 aliphatic heterocycles. The summed E-state index contributed by atoms with van der Waals surface area (Å²) in [4.78, 5) is 13.7. The molecule has 0 bridgehead atoms. The molecule has 3 rings (SSSR count). The van der Waals surface area contributed by atoms with E-state index in [2.05, 4.69) is 21.5 Å². The molecule has 23 heavy (non-hydrogen) atoms. The number of amidine groups is 1. The molecule has 1 aromatic carbocycles. The van der Waals surface area contributed by atoms with Crippen molar-refractivity contribution in [1.82, 2.24) is 9.80 Å². The number of likely N-dealkylation sites (tertiary alicyclic amines) is 1. The molecule has 1 aromatic rings. The van der Waals surface area contributed by atoms with Gasteiger partial charge in [-0.05, 0) is 25.6 Å². The lowest BCUT2D eigenvalue weighted by molar-refractivity contribution is 0.355. The van der Waals surface area contributed by atoms with E-state index >= 15 is 0 Å². The van der Waals surface area contributed by atoms with Crippen molar-refractivity contribution < 1.29 is 9.47 Å². The summed E-state index contributed by atoms with van der Waals surface area (Å²) < 4.78 is 10.8. The molecule has 0 aromatic heterocycles. The predicted molar refractivity (Wildman–Crippen MR) is 92.5 cm³/mol. The maximum Gasteiger partial charge on any atom is 0.162 e. The molecule has 0 aliphatic carbocycles. The lowest BCUT2D eigenvalue weighted by Gasteiger charge is -2.22. The van der Waals surface area contributed by atoms with Gasteiger partial charge in [-0.25, -0.2) is 0 Å². The Morgan fingerprint density at radius 1 is 1.09 bits per heavy atom. The third-order valence-corrected chi connectivity index (χ3v) is 4.28. The van der Waals surface area contributed by atoms with Crippen molar-refractivity contribution in [2.45, 2.75) is 12.8 Å². The number of nitrogens with zero attached hydrogens (tertiary/aromatic N) is 4. The number of rotatable bonds is 6. The average Bonchev–Trinajstić information content (AvgIpc) is 3.26. The summed E-state index contributed by atoms with van der Waals surface area (Å²) >= 11 is 0. The minimum atomic E-state index is 0.658. The maximum atomic E-state index is 5.46. The lowest BCUT2D eigenvalue weighted by atomic mass is 10.1. The predicted octanol–water partition coefficient (Wildman–Crippen LogP) is 2.15. The van der Waals surface area contributed by atoms with Crippen molar-refractivity contribution in [3.8, 4) is 11.5 Å². The lowest BCUT2D eigenvalue weighted by Crippen LogP contribution is -2.29. The first-order chi connectivity index (χ1) is 11.3. The van der Waals surface area contributed by atoms with E-state index in [1.807, 2.05) is 12.1 Å². The Kier molecular flexibility index (Phi) is 4.81. The van der Waals surface area contributed by atoms with Gasteiger partial charge < -0.3 is 14.4 Å². The highest BCUT2D eigenvalue weighted by molar-refractivity contribution is 6.04. The second-order valence-corrected chi connectivity index (χ2v) is 5.82. The van der Waals surface area contributed by atoms with E-state index in [4.69, 9.17) is 14.5 Å². The molecule has 0 radical (unpaired) electrons. The highest BCUT2D eigenvalue weighted by Crippen LogP contribution is 2.36. The van der Waals surface area contributed by atoms with Crippen LogP contribution in [0.2, 0.25) is 0 Å². The fourth-order valence-electron chi connectivity index (χ4n) is 2.84. The van der Waals surface area contributed by atoms with Gasteiger partial charge in [0.1, 0.15) is 5.84 Å². The summed E-state index contributed by atoms with van der Waals surface area (Å²) in [5.41, 5.74) is 1.74. The smallest absolute Gasteiger partial charge is 0.162 e. The van der Waals surface area contributed by atoms with E-state index in [0.717, 1.165) is 49.9 Å². The van der Waals surface area contributed by atoms with Gasteiger partial charge in [0.15, 0.2) is 11.5 Å². The molecule has 124 valence electrons. The Morgan fingerprint density at radius 3 is 2.30 bits per heavy atom. The van der Waals surface area contributed by atoms with Gasteiger partial charge in [-0.15, -0.1) is 0 Å². The van der Waals surface area contributed by atoms with Gasteiger partial charge in [0.25, 0.3) is 0 Å². The van der Waals surface area contributed by atoms with Gasteiger partial charge >= 0.3 is 0 Å². The largest absolute Gasteiger partial charge is 0.493 e. The van der Waals surface area contributed by atoms with Crippen molar-refractivity contribution >= 4 is 18.2 Å². The number of hydrogen-bond donors (Lipinski definition) is 0. The molecule has 2 aliphatic rings. The monoisotopic (exact) mass is 316 g/mol. The van der Waals surface area contributed by atoms with Gasteiger partial charge in [-0.1, -0.05) is 0 Å². The summed E-state index contributed by atoms with van der Waals surface area (Å²) in [5, 5.41) is 0. The Hall–Kier alpha value is -2.08. The van der Waals surface area contributed by atoms with Crippen molar-refractivity contribution in [2.75, 3.05) is 47.1 Å². The van der Waals surface area contributed by atoms with Gasteiger partial charge in [0.2, 0.25) is 0 Å². The molecular formula is C17H24N4O2. The fraction of sp³-hybridized carbons (Fsp3) is 0.529. The van der Waals surface area contributed by atoms with Crippen LogP contribution in [0.3, 0.4) is 0 Å². The zero-order chi connectivity index (χ0) is 16.2. The fourth-order valence-corrected chi connectivity index (χ4v) is 2.84. The number of benzene rings is 1. The molecule has 6 nitrogen and oxygen atoms in total. The van der Waals surface area contributed by atoms with Crippen LogP contribution < -0.4 is 9.47 Å². The third kappa shape index (κ3) is 3.47. The van der Waals surface area contributed by atoms with Crippen LogP contribution in [0.25, 0.3) is 0 Å². The maximum absolute atomic E-state index is 5.46. The van der Waals surface area contributed by atoms with Crippen LogP contribution in [0.4, 0.5) is 5.69 Å². The molecule has 2 heterocycles. The normalized spacial score (nSPS) is 18.2. The van der Waals surface area contributed by atoms with Gasteiger partial charge in [-0.3, -0.25) is 14.9 Å². The molecule has 0 unspecified atom stereocenters. The molecule has 2 fully saturated rings. The summed E-state index contributed by atoms with van der Waals surface area (Å²) in [6, 6.07) is 3.83. The second kappa shape index (κ2) is 7.00. The van der Waals surface area contributed by atoms with Crippen LogP contribution in [-0.2, 0) is 0 Å². The molecule has 2 saturated heterocycles. The first-order valence-electron chi connectivity index (χ1n) is 8.01. The van der Waals surface area contributed by atoms with E-state index in [1.54, 1.807) is 14.2 Å². The molecule has 0 atom stereocenters. The molecule has 0 spiro atoms. The molecule has 6 heteroatoms. The molecule has 0 amide bonds. The minimum absolute atomic E-state index is 0.658. The minimum Gasteiger partial charge on any atom is -0.493 e. The van der Waals surface area contributed by atoms with Crippen molar-refractivity contribution in [3.05, 3.63) is 17.7 Å². The SMILES string of the molecule is C=Nc1cc(OC)c(OC)cc1/C(=N\CN1CC1)N1CCCC1. The Balaban J connectivity index is 2.02. The summed E-state index contributed by atoms with van der Waals surface area (Å²) in [7, 11) is 3.27. The van der Waals surface area contributed by atoms with E-state index in [-0.39, 0.29) is 0 Å². The number of methoxy groups -OCH3 is 2. The van der Waals surface area contributed by atoms with Gasteiger partial charge in [-0.2, -0.15) is 0 Å². The van der Waals surface area contributed by atoms with Crippen LogP contribution in [-0.4, -0.2) is 69.4 Å².